The molecule has 2 N–H and O–H groups in total. The van der Waals surface area contributed by atoms with E-state index in [1.165, 1.54) is 25.3 Å². The van der Waals surface area contributed by atoms with Gasteiger partial charge in [0.1, 0.15) is 0 Å². The van der Waals surface area contributed by atoms with Gasteiger partial charge in [0.05, 0.1) is 7.11 Å². The summed E-state index contributed by atoms with van der Waals surface area (Å²) in [6.07, 6.45) is 1.74. The minimum absolute atomic E-state index is 0.0882. The first-order valence-corrected chi connectivity index (χ1v) is 7.60. The van der Waals surface area contributed by atoms with Crippen molar-refractivity contribution in [3.05, 3.63) is 23.8 Å². The number of carbonyl (C=O) groups excluding carboxylic acids is 1. The smallest absolute Gasteiger partial charge is 0.387 e. The van der Waals surface area contributed by atoms with Gasteiger partial charge in [-0.25, -0.2) is 0 Å². The molecule has 1 aromatic rings. The molecule has 1 heterocycles. The highest BCUT2D eigenvalue weighted by molar-refractivity contribution is 5.95. The average Bonchev–Trinajstić information content (AvgIpc) is 2.54. The molecule has 0 spiro atoms. The number of halogens is 2. The van der Waals surface area contributed by atoms with Gasteiger partial charge in [0.15, 0.2) is 11.5 Å². The molecule has 1 saturated heterocycles. The first kappa shape index (κ1) is 17.5. The molecule has 5 nitrogen and oxygen atoms in total. The number of alkyl halides is 2. The number of rotatable bonds is 5. The number of carbonyl (C=O) groups is 1. The fraction of sp³-hybridized carbons (Fsp3) is 0.562. The highest BCUT2D eigenvalue weighted by atomic mass is 19.3. The Hall–Kier alpha value is -1.89. The molecule has 7 heteroatoms. The van der Waals surface area contributed by atoms with Gasteiger partial charge in [-0.2, -0.15) is 8.78 Å². The summed E-state index contributed by atoms with van der Waals surface area (Å²) in [6, 6.07) is 4.35. The van der Waals surface area contributed by atoms with Gasteiger partial charge in [0.2, 0.25) is 0 Å². The van der Waals surface area contributed by atoms with Crippen LogP contribution in [0, 0.1) is 5.92 Å². The second-order valence-electron chi connectivity index (χ2n) is 5.73. The molecular formula is C16H22F2N2O3. The van der Waals surface area contributed by atoms with Gasteiger partial charge in [-0.1, -0.05) is 0 Å². The number of methoxy groups -OCH3 is 1. The number of benzene rings is 1. The second kappa shape index (κ2) is 7.59. The molecule has 0 radical (unpaired) electrons. The fourth-order valence-corrected chi connectivity index (χ4v) is 2.80. The van der Waals surface area contributed by atoms with Gasteiger partial charge in [-0.05, 0) is 43.9 Å². The molecule has 0 saturated carbocycles. The Morgan fingerprint density at radius 3 is 2.48 bits per heavy atom. The molecule has 0 aliphatic carbocycles. The molecule has 1 atom stereocenters. The van der Waals surface area contributed by atoms with Gasteiger partial charge in [-0.3, -0.25) is 4.79 Å². The number of hydrogen-bond donors (Lipinski definition) is 1. The third-order valence-electron chi connectivity index (χ3n) is 4.20. The van der Waals surface area contributed by atoms with E-state index in [0.29, 0.717) is 24.6 Å². The predicted molar refractivity (Wildman–Crippen MR) is 81.9 cm³/mol. The zero-order valence-corrected chi connectivity index (χ0v) is 13.3. The Kier molecular flexibility index (Phi) is 5.76. The summed E-state index contributed by atoms with van der Waals surface area (Å²) in [4.78, 5) is 14.3. The molecule has 1 amide bonds. The van der Waals surface area contributed by atoms with Crippen LogP contribution in [0.15, 0.2) is 18.2 Å². The Morgan fingerprint density at radius 2 is 1.96 bits per heavy atom. The standard InChI is InChI=1S/C16H22F2N2O3/c1-10(19)11-5-7-20(8-6-11)15(21)12-3-4-13(23-16(17)18)14(9-12)22-2/h3-4,9-11,16H,5-8,19H2,1-2H3. The third-order valence-corrected chi connectivity index (χ3v) is 4.20. The van der Waals surface area contributed by atoms with Crippen LogP contribution in [-0.4, -0.2) is 43.7 Å². The SMILES string of the molecule is COc1cc(C(=O)N2CCC(C(C)N)CC2)ccc1OC(F)F. The fourth-order valence-electron chi connectivity index (χ4n) is 2.80. The number of hydrogen-bond acceptors (Lipinski definition) is 4. The lowest BCUT2D eigenvalue weighted by Gasteiger charge is -2.33. The molecule has 0 bridgehead atoms. The second-order valence-corrected chi connectivity index (χ2v) is 5.73. The van der Waals surface area contributed by atoms with E-state index in [1.54, 1.807) is 4.90 Å². The summed E-state index contributed by atoms with van der Waals surface area (Å²) in [7, 11) is 1.34. The first-order chi connectivity index (χ1) is 10.9. The van der Waals surface area contributed by atoms with Crippen LogP contribution in [-0.2, 0) is 0 Å². The van der Waals surface area contributed by atoms with E-state index in [0.717, 1.165) is 12.8 Å². The lowest BCUT2D eigenvalue weighted by Crippen LogP contribution is -2.42. The van der Waals surface area contributed by atoms with E-state index in [4.69, 9.17) is 10.5 Å². The number of nitrogens with zero attached hydrogens (tertiary/aromatic N) is 1. The molecule has 128 valence electrons. The van der Waals surface area contributed by atoms with Gasteiger partial charge < -0.3 is 20.1 Å². The van der Waals surface area contributed by atoms with E-state index >= 15 is 0 Å². The van der Waals surface area contributed by atoms with Crippen molar-refractivity contribution in [3.8, 4) is 11.5 Å². The topological polar surface area (TPSA) is 64.8 Å². The molecule has 23 heavy (non-hydrogen) atoms. The maximum Gasteiger partial charge on any atom is 0.387 e. The van der Waals surface area contributed by atoms with Crippen molar-refractivity contribution >= 4 is 5.91 Å². The third kappa shape index (κ3) is 4.31. The summed E-state index contributed by atoms with van der Waals surface area (Å²) in [5, 5.41) is 0. The first-order valence-electron chi connectivity index (χ1n) is 7.60. The zero-order chi connectivity index (χ0) is 17.0. The van der Waals surface area contributed by atoms with Crippen molar-refractivity contribution < 1.29 is 23.0 Å². The quantitative estimate of drug-likeness (QED) is 0.902. The van der Waals surface area contributed by atoms with Gasteiger partial charge in [-0.15, -0.1) is 0 Å². The number of amides is 1. The van der Waals surface area contributed by atoms with Crippen molar-refractivity contribution in [2.45, 2.75) is 32.4 Å². The van der Waals surface area contributed by atoms with Crippen LogP contribution < -0.4 is 15.2 Å². The van der Waals surface area contributed by atoms with Crippen LogP contribution in [0.25, 0.3) is 0 Å². The van der Waals surface area contributed by atoms with Gasteiger partial charge in [0, 0.05) is 24.7 Å². The van der Waals surface area contributed by atoms with E-state index in [9.17, 15) is 13.6 Å². The van der Waals surface area contributed by atoms with Crippen molar-refractivity contribution in [1.82, 2.24) is 4.90 Å². The van der Waals surface area contributed by atoms with Crippen molar-refractivity contribution in [1.29, 1.82) is 0 Å². The highest BCUT2D eigenvalue weighted by Gasteiger charge is 2.26. The average molecular weight is 328 g/mol. The summed E-state index contributed by atoms with van der Waals surface area (Å²) in [6.45, 7) is 0.322. The molecule has 2 rings (SSSR count). The van der Waals surface area contributed by atoms with E-state index < -0.39 is 6.61 Å². The van der Waals surface area contributed by atoms with E-state index in [2.05, 4.69) is 4.74 Å². The predicted octanol–water partition coefficient (Wildman–Crippen LogP) is 2.50. The number of piperidine rings is 1. The summed E-state index contributed by atoms with van der Waals surface area (Å²) >= 11 is 0. The summed E-state index contributed by atoms with van der Waals surface area (Å²) in [5.41, 5.74) is 6.29. The molecule has 0 aromatic heterocycles. The van der Waals surface area contributed by atoms with Crippen LogP contribution in [0.4, 0.5) is 8.78 Å². The lowest BCUT2D eigenvalue weighted by atomic mass is 9.90. The molecule has 1 fully saturated rings. The molecule has 1 unspecified atom stereocenters. The van der Waals surface area contributed by atoms with E-state index in [1.807, 2.05) is 6.92 Å². The van der Waals surface area contributed by atoms with Crippen molar-refractivity contribution in [2.24, 2.45) is 11.7 Å². The monoisotopic (exact) mass is 328 g/mol. The summed E-state index contributed by atoms with van der Waals surface area (Å²) < 4.78 is 34.0. The molecule has 1 aliphatic rings. The van der Waals surface area contributed by atoms with Crippen LogP contribution in [0.2, 0.25) is 0 Å². The highest BCUT2D eigenvalue weighted by Crippen LogP contribution is 2.30. The van der Waals surface area contributed by atoms with Gasteiger partial charge in [0.25, 0.3) is 5.91 Å². The van der Waals surface area contributed by atoms with Crippen molar-refractivity contribution in [2.75, 3.05) is 20.2 Å². The Bertz CT molecular complexity index is 544. The zero-order valence-electron chi connectivity index (χ0n) is 13.3. The van der Waals surface area contributed by atoms with Crippen LogP contribution in [0.1, 0.15) is 30.1 Å². The Morgan fingerprint density at radius 1 is 1.30 bits per heavy atom. The number of likely N-dealkylation sites (tertiary alicyclic amines) is 1. The number of ether oxygens (including phenoxy) is 2. The summed E-state index contributed by atoms with van der Waals surface area (Å²) in [5.74, 6) is 0.307. The lowest BCUT2D eigenvalue weighted by molar-refractivity contribution is -0.0512. The van der Waals surface area contributed by atoms with E-state index in [-0.39, 0.29) is 23.4 Å². The maximum absolute atomic E-state index is 12.5. The normalized spacial score (nSPS) is 17.2. The molecular weight excluding hydrogens is 306 g/mol. The van der Waals surface area contributed by atoms with Crippen LogP contribution >= 0.6 is 0 Å². The molecule has 1 aromatic carbocycles. The maximum atomic E-state index is 12.5. The molecule has 1 aliphatic heterocycles. The van der Waals surface area contributed by atoms with Crippen LogP contribution in [0.3, 0.4) is 0 Å². The number of nitrogens with two attached hydrogens (primary N) is 1. The largest absolute Gasteiger partial charge is 0.493 e. The Balaban J connectivity index is 2.08. The minimum atomic E-state index is -2.94. The van der Waals surface area contributed by atoms with Crippen LogP contribution in [0.5, 0.6) is 11.5 Å². The van der Waals surface area contributed by atoms with Crippen molar-refractivity contribution in [3.63, 3.8) is 0 Å². The Labute approximate surface area is 134 Å². The van der Waals surface area contributed by atoms with Gasteiger partial charge >= 0.3 is 6.61 Å². The minimum Gasteiger partial charge on any atom is -0.493 e.